The van der Waals surface area contributed by atoms with E-state index in [1.54, 1.807) is 17.3 Å². The maximum atomic E-state index is 6.12. The third-order valence-corrected chi connectivity index (χ3v) is 7.06. The quantitative estimate of drug-likeness (QED) is 0.336. The second-order valence-corrected chi connectivity index (χ2v) is 9.85. The zero-order valence-corrected chi connectivity index (χ0v) is 21.7. The molecule has 0 saturated carbocycles. The fourth-order valence-electron chi connectivity index (χ4n) is 4.74. The van der Waals surface area contributed by atoms with Gasteiger partial charge in [-0.25, -0.2) is 15.0 Å². The Bertz CT molecular complexity index is 1520. The number of likely N-dealkylation sites (tertiary alicyclic amines) is 1. The molecule has 0 atom stereocenters. The third-order valence-electron chi connectivity index (χ3n) is 7.06. The molecule has 4 aromatic heterocycles. The Morgan fingerprint density at radius 3 is 2.58 bits per heavy atom. The molecule has 0 radical (unpaired) electrons. The molecule has 5 heterocycles. The average molecular weight is 510 g/mol. The Morgan fingerprint density at radius 1 is 0.947 bits per heavy atom. The first kappa shape index (κ1) is 24.1. The van der Waals surface area contributed by atoms with E-state index in [0.29, 0.717) is 12.5 Å². The van der Waals surface area contributed by atoms with E-state index in [0.717, 1.165) is 65.1 Å². The minimum Gasteiger partial charge on any atom is -0.493 e. The van der Waals surface area contributed by atoms with Gasteiger partial charge in [-0.2, -0.15) is 15.0 Å². The van der Waals surface area contributed by atoms with Crippen LogP contribution in [0.3, 0.4) is 0 Å². The zero-order chi connectivity index (χ0) is 25.9. The van der Waals surface area contributed by atoms with Crippen molar-refractivity contribution in [2.24, 2.45) is 13.0 Å². The van der Waals surface area contributed by atoms with Crippen LogP contribution in [0, 0.1) is 5.92 Å². The second kappa shape index (κ2) is 10.6. The third kappa shape index (κ3) is 5.35. The lowest BCUT2D eigenvalue weighted by Crippen LogP contribution is -2.32. The van der Waals surface area contributed by atoms with Crippen molar-refractivity contribution >= 4 is 11.5 Å². The predicted octanol–water partition coefficient (Wildman–Crippen LogP) is 3.92. The van der Waals surface area contributed by atoms with Gasteiger partial charge in [-0.3, -0.25) is 4.40 Å². The highest BCUT2D eigenvalue weighted by Gasteiger charge is 2.17. The van der Waals surface area contributed by atoms with E-state index in [1.165, 1.54) is 12.8 Å². The van der Waals surface area contributed by atoms with Crippen molar-refractivity contribution in [1.82, 2.24) is 39.2 Å². The molecule has 0 spiro atoms. The van der Waals surface area contributed by atoms with Gasteiger partial charge >= 0.3 is 0 Å². The second-order valence-electron chi connectivity index (χ2n) is 9.85. The number of aromatic nitrogens is 7. The van der Waals surface area contributed by atoms with Crippen LogP contribution in [0.2, 0.25) is 0 Å². The number of fused-ring (bicyclic) bond motifs is 1. The summed E-state index contributed by atoms with van der Waals surface area (Å²) in [5.74, 6) is 2.21. The van der Waals surface area contributed by atoms with Crippen LogP contribution in [0.4, 0.5) is 5.82 Å². The van der Waals surface area contributed by atoms with Crippen LogP contribution in [0.5, 0.6) is 5.75 Å². The van der Waals surface area contributed by atoms with Gasteiger partial charge in [0.15, 0.2) is 0 Å². The fourth-order valence-corrected chi connectivity index (χ4v) is 4.74. The van der Waals surface area contributed by atoms with Crippen molar-refractivity contribution in [3.63, 3.8) is 0 Å². The van der Waals surface area contributed by atoms with Gasteiger partial charge in [0.25, 0.3) is 0 Å². The lowest BCUT2D eigenvalue weighted by molar-refractivity contribution is 0.160. The van der Waals surface area contributed by atoms with E-state index in [9.17, 15) is 0 Å². The molecule has 1 aliphatic heterocycles. The van der Waals surface area contributed by atoms with E-state index >= 15 is 0 Å². The van der Waals surface area contributed by atoms with Crippen molar-refractivity contribution < 1.29 is 4.74 Å². The summed E-state index contributed by atoms with van der Waals surface area (Å²) in [7, 11) is 3.99. The Labute approximate surface area is 221 Å². The van der Waals surface area contributed by atoms with Crippen LogP contribution in [0.1, 0.15) is 18.4 Å². The molecule has 1 aromatic carbocycles. The molecule has 1 fully saturated rings. The number of piperidine rings is 1. The van der Waals surface area contributed by atoms with Gasteiger partial charge in [-0.1, -0.05) is 24.3 Å². The molecule has 194 valence electrons. The molecule has 0 aliphatic carbocycles. The number of benzene rings is 1. The van der Waals surface area contributed by atoms with Gasteiger partial charge in [-0.05, 0) is 50.5 Å². The van der Waals surface area contributed by atoms with Gasteiger partial charge in [0.05, 0.1) is 30.4 Å². The summed E-state index contributed by atoms with van der Waals surface area (Å²) in [6, 6.07) is 14.2. The average Bonchev–Trinajstić information content (AvgIpc) is 3.58. The van der Waals surface area contributed by atoms with E-state index < -0.39 is 0 Å². The number of nitrogens with one attached hydrogen (secondary N) is 1. The fraction of sp³-hybridized carbons (Fsp3) is 0.321. The predicted molar refractivity (Wildman–Crippen MR) is 146 cm³/mol. The largest absolute Gasteiger partial charge is 0.493 e. The Balaban J connectivity index is 1.10. The topological polar surface area (TPSA) is 98.3 Å². The van der Waals surface area contributed by atoms with Crippen LogP contribution in [0.25, 0.3) is 28.3 Å². The molecule has 6 rings (SSSR count). The monoisotopic (exact) mass is 509 g/mol. The zero-order valence-electron chi connectivity index (χ0n) is 21.7. The molecular weight excluding hydrogens is 478 g/mol. The van der Waals surface area contributed by atoms with Crippen molar-refractivity contribution in [1.29, 1.82) is 0 Å². The summed E-state index contributed by atoms with van der Waals surface area (Å²) >= 11 is 0. The smallest absolute Gasteiger partial charge is 0.140 e. The summed E-state index contributed by atoms with van der Waals surface area (Å²) in [5, 5.41) is 11.9. The molecule has 10 heteroatoms. The van der Waals surface area contributed by atoms with Crippen LogP contribution in [-0.4, -0.2) is 66.0 Å². The minimum atomic E-state index is 0.612. The first-order valence-corrected chi connectivity index (χ1v) is 12.9. The van der Waals surface area contributed by atoms with Gasteiger partial charge in [-0.15, -0.1) is 0 Å². The Kier molecular flexibility index (Phi) is 6.70. The van der Waals surface area contributed by atoms with Gasteiger partial charge in [0.1, 0.15) is 29.2 Å². The van der Waals surface area contributed by atoms with E-state index in [2.05, 4.69) is 66.7 Å². The summed E-state index contributed by atoms with van der Waals surface area (Å²) < 4.78 is 8.14. The minimum absolute atomic E-state index is 0.612. The van der Waals surface area contributed by atoms with Gasteiger partial charge < -0.3 is 15.0 Å². The number of hydrogen-bond acceptors (Lipinski definition) is 8. The van der Waals surface area contributed by atoms with Crippen molar-refractivity contribution in [2.45, 2.75) is 19.4 Å². The molecule has 5 aromatic rings. The molecule has 1 saturated heterocycles. The first-order chi connectivity index (χ1) is 18.6. The van der Waals surface area contributed by atoms with Gasteiger partial charge in [0.2, 0.25) is 0 Å². The number of hydrogen-bond donors (Lipinski definition) is 1. The molecule has 0 unspecified atom stereocenters. The Morgan fingerprint density at radius 2 is 1.79 bits per heavy atom. The van der Waals surface area contributed by atoms with Crippen LogP contribution in [-0.2, 0) is 13.6 Å². The standard InChI is InChI=1S/C28H31N9O/c1-35-10-7-21(8-11-35)18-38-23-9-12-37-26(17-30-28(37)13-23)24-14-27(32-19-31-24)29-15-20-3-5-22(6-4-20)25-16-33-36(2)34-25/h3-6,9,12-14,16-17,19,21H,7-8,10-11,15,18H2,1-2H3,(H,29,31,32). The molecule has 1 aliphatic rings. The molecular formula is C28H31N9O. The number of imidazole rings is 1. The highest BCUT2D eigenvalue weighted by Crippen LogP contribution is 2.25. The van der Waals surface area contributed by atoms with E-state index in [4.69, 9.17) is 4.74 Å². The number of nitrogens with zero attached hydrogens (tertiary/aromatic N) is 8. The van der Waals surface area contributed by atoms with Crippen molar-refractivity contribution in [2.75, 3.05) is 32.1 Å². The number of ether oxygens (including phenoxy) is 1. The number of anilines is 1. The SMILES string of the molecule is CN1CCC(COc2ccn3c(-c4cc(NCc5ccc(-c6cnn(C)n6)cc5)ncn4)cnc3c2)CC1. The molecule has 1 N–H and O–H groups in total. The lowest BCUT2D eigenvalue weighted by Gasteiger charge is -2.28. The highest BCUT2D eigenvalue weighted by atomic mass is 16.5. The van der Waals surface area contributed by atoms with Crippen molar-refractivity contribution in [3.8, 4) is 28.4 Å². The normalized spacial score (nSPS) is 14.7. The molecule has 10 nitrogen and oxygen atoms in total. The van der Waals surface area contributed by atoms with Crippen molar-refractivity contribution in [3.05, 3.63) is 72.9 Å². The Hall–Kier alpha value is -4.31. The molecule has 0 bridgehead atoms. The highest BCUT2D eigenvalue weighted by molar-refractivity contribution is 5.63. The maximum Gasteiger partial charge on any atom is 0.140 e. The number of pyridine rings is 1. The summed E-state index contributed by atoms with van der Waals surface area (Å²) in [6.07, 6.45) is 9.55. The van der Waals surface area contributed by atoms with Crippen LogP contribution < -0.4 is 10.1 Å². The molecule has 0 amide bonds. The summed E-state index contributed by atoms with van der Waals surface area (Å²) in [4.78, 5) is 17.4. The summed E-state index contributed by atoms with van der Waals surface area (Å²) in [5.41, 5.74) is 5.57. The van der Waals surface area contributed by atoms with Gasteiger partial charge in [0, 0.05) is 37.5 Å². The first-order valence-electron chi connectivity index (χ1n) is 12.9. The molecule has 38 heavy (non-hydrogen) atoms. The van der Waals surface area contributed by atoms with Crippen LogP contribution in [0.15, 0.2) is 67.4 Å². The van der Waals surface area contributed by atoms with E-state index in [1.807, 2.05) is 42.0 Å². The number of aryl methyl sites for hydroxylation is 1. The van der Waals surface area contributed by atoms with Crippen LogP contribution >= 0.6 is 0 Å². The lowest BCUT2D eigenvalue weighted by atomic mass is 9.98. The van der Waals surface area contributed by atoms with E-state index in [-0.39, 0.29) is 0 Å². The summed E-state index contributed by atoms with van der Waals surface area (Å²) in [6.45, 7) is 3.68. The maximum absolute atomic E-state index is 6.12. The number of rotatable bonds is 8.